The molecule has 21 heavy (non-hydrogen) atoms. The Hall–Kier alpha value is -1.59. The second-order valence-electron chi connectivity index (χ2n) is 5.31. The molecule has 114 valence electrons. The normalized spacial score (nSPS) is 19.1. The molecule has 0 saturated carbocycles. The number of rotatable bonds is 6. The Morgan fingerprint density at radius 3 is 2.90 bits per heavy atom. The van der Waals surface area contributed by atoms with Gasteiger partial charge in [0.1, 0.15) is 11.6 Å². The van der Waals surface area contributed by atoms with E-state index in [9.17, 15) is 0 Å². The van der Waals surface area contributed by atoms with Crippen molar-refractivity contribution in [3.05, 3.63) is 29.8 Å². The summed E-state index contributed by atoms with van der Waals surface area (Å²) in [6.45, 7) is 7.37. The number of aliphatic imine (C=N–C) groups is 1. The number of nitrogens with one attached hydrogen (secondary N) is 1. The molecule has 0 aliphatic carbocycles. The molecule has 1 aromatic carbocycles. The number of ether oxygens (including phenoxy) is 2. The van der Waals surface area contributed by atoms with E-state index >= 15 is 0 Å². The molecule has 2 heterocycles. The first-order chi connectivity index (χ1) is 10.4. The number of amidine groups is 1. The van der Waals surface area contributed by atoms with Crippen LogP contribution in [0.1, 0.15) is 12.0 Å². The highest BCUT2D eigenvalue weighted by Gasteiger charge is 2.13. The lowest BCUT2D eigenvalue weighted by molar-refractivity contribution is 0.0358. The van der Waals surface area contributed by atoms with Gasteiger partial charge in [-0.25, -0.2) is 0 Å². The minimum Gasteiger partial charge on any atom is -0.493 e. The first-order valence-electron chi connectivity index (χ1n) is 7.74. The molecule has 1 N–H and O–H groups in total. The second-order valence-corrected chi connectivity index (χ2v) is 5.31. The molecule has 0 radical (unpaired) electrons. The van der Waals surface area contributed by atoms with Crippen molar-refractivity contribution in [2.75, 3.05) is 52.5 Å². The summed E-state index contributed by atoms with van der Waals surface area (Å²) in [6, 6.07) is 8.12. The maximum Gasteiger partial charge on any atom is 0.132 e. The lowest BCUT2D eigenvalue weighted by Crippen LogP contribution is -2.37. The van der Waals surface area contributed by atoms with Crippen molar-refractivity contribution in [1.29, 1.82) is 0 Å². The van der Waals surface area contributed by atoms with Crippen molar-refractivity contribution in [3.63, 3.8) is 0 Å². The summed E-state index contributed by atoms with van der Waals surface area (Å²) in [5.74, 6) is 1.88. The van der Waals surface area contributed by atoms with Crippen molar-refractivity contribution >= 4 is 5.84 Å². The van der Waals surface area contributed by atoms with Crippen molar-refractivity contribution in [2.45, 2.75) is 6.42 Å². The monoisotopic (exact) mass is 289 g/mol. The minimum absolute atomic E-state index is 0.738. The first kappa shape index (κ1) is 14.4. The third-order valence-corrected chi connectivity index (χ3v) is 3.80. The quantitative estimate of drug-likeness (QED) is 0.798. The van der Waals surface area contributed by atoms with Crippen LogP contribution in [0.25, 0.3) is 0 Å². The van der Waals surface area contributed by atoms with E-state index in [2.05, 4.69) is 21.3 Å². The molecule has 0 atom stereocenters. The Balaban J connectivity index is 1.48. The van der Waals surface area contributed by atoms with Crippen LogP contribution in [-0.2, 0) is 4.74 Å². The van der Waals surface area contributed by atoms with E-state index in [1.165, 1.54) is 0 Å². The van der Waals surface area contributed by atoms with Gasteiger partial charge in [0.25, 0.3) is 0 Å². The van der Waals surface area contributed by atoms with Crippen LogP contribution in [0.5, 0.6) is 5.75 Å². The number of morpholine rings is 1. The summed E-state index contributed by atoms with van der Waals surface area (Å²) in [6.07, 6.45) is 1.04. The summed E-state index contributed by atoms with van der Waals surface area (Å²) >= 11 is 0. The largest absolute Gasteiger partial charge is 0.493 e. The Morgan fingerprint density at radius 2 is 2.10 bits per heavy atom. The summed E-state index contributed by atoms with van der Waals surface area (Å²) < 4.78 is 11.3. The standard InChI is InChI=1S/C16H23N3O2/c1-2-5-15(14(4-1)16-17-6-7-18-16)21-11-3-8-19-9-12-20-13-10-19/h1-2,4-5H,3,6-13H2,(H,17,18). The molecule has 0 spiro atoms. The number of hydrogen-bond donors (Lipinski definition) is 1. The smallest absolute Gasteiger partial charge is 0.132 e. The van der Waals surface area contributed by atoms with Crippen LogP contribution in [0.4, 0.5) is 0 Å². The SMILES string of the molecule is c1ccc(C2=NCCN2)c(OCCCN2CCOCC2)c1. The van der Waals surface area contributed by atoms with Gasteiger partial charge in [0.2, 0.25) is 0 Å². The highest BCUT2D eigenvalue weighted by atomic mass is 16.5. The summed E-state index contributed by atoms with van der Waals surface area (Å²) in [7, 11) is 0. The molecular formula is C16H23N3O2. The zero-order valence-corrected chi connectivity index (χ0v) is 12.4. The van der Waals surface area contributed by atoms with Gasteiger partial charge in [0, 0.05) is 26.2 Å². The van der Waals surface area contributed by atoms with Crippen molar-refractivity contribution in [2.24, 2.45) is 4.99 Å². The molecule has 2 aliphatic heterocycles. The molecular weight excluding hydrogens is 266 g/mol. The molecule has 0 aromatic heterocycles. The van der Waals surface area contributed by atoms with Crippen LogP contribution in [0.3, 0.4) is 0 Å². The maximum absolute atomic E-state index is 5.96. The Kier molecular flexibility index (Phi) is 5.08. The first-order valence-corrected chi connectivity index (χ1v) is 7.74. The van der Waals surface area contributed by atoms with Crippen LogP contribution in [0.2, 0.25) is 0 Å². The summed E-state index contributed by atoms with van der Waals surface area (Å²) in [5, 5.41) is 3.30. The van der Waals surface area contributed by atoms with Gasteiger partial charge >= 0.3 is 0 Å². The predicted molar refractivity (Wildman–Crippen MR) is 83.2 cm³/mol. The van der Waals surface area contributed by atoms with Gasteiger partial charge in [-0.3, -0.25) is 9.89 Å². The molecule has 0 bridgehead atoms. The van der Waals surface area contributed by atoms with E-state index < -0.39 is 0 Å². The minimum atomic E-state index is 0.738. The zero-order chi connectivity index (χ0) is 14.3. The maximum atomic E-state index is 5.96. The molecule has 5 heteroatoms. The summed E-state index contributed by atoms with van der Waals surface area (Å²) in [4.78, 5) is 6.90. The number of para-hydroxylation sites is 1. The topological polar surface area (TPSA) is 46.1 Å². The highest BCUT2D eigenvalue weighted by molar-refractivity contribution is 6.02. The van der Waals surface area contributed by atoms with Crippen LogP contribution in [0, 0.1) is 0 Å². The van der Waals surface area contributed by atoms with Crippen LogP contribution in [0.15, 0.2) is 29.3 Å². The van der Waals surface area contributed by atoms with Gasteiger partial charge in [0.05, 0.1) is 31.9 Å². The molecule has 0 unspecified atom stereocenters. The fraction of sp³-hybridized carbons (Fsp3) is 0.562. The lowest BCUT2D eigenvalue weighted by Gasteiger charge is -2.26. The van der Waals surface area contributed by atoms with Crippen LogP contribution >= 0.6 is 0 Å². The third kappa shape index (κ3) is 3.95. The molecule has 1 saturated heterocycles. The van der Waals surface area contributed by atoms with Gasteiger partial charge in [-0.05, 0) is 18.6 Å². The Labute approximate surface area is 126 Å². The van der Waals surface area contributed by atoms with Gasteiger partial charge in [-0.2, -0.15) is 0 Å². The van der Waals surface area contributed by atoms with E-state index in [0.717, 1.165) is 76.1 Å². The molecule has 5 nitrogen and oxygen atoms in total. The average molecular weight is 289 g/mol. The van der Waals surface area contributed by atoms with E-state index in [1.54, 1.807) is 0 Å². The number of hydrogen-bond acceptors (Lipinski definition) is 5. The number of benzene rings is 1. The molecule has 3 rings (SSSR count). The third-order valence-electron chi connectivity index (χ3n) is 3.80. The molecule has 0 amide bonds. The van der Waals surface area contributed by atoms with Gasteiger partial charge in [-0.1, -0.05) is 12.1 Å². The van der Waals surface area contributed by atoms with Gasteiger partial charge in [-0.15, -0.1) is 0 Å². The Morgan fingerprint density at radius 1 is 1.24 bits per heavy atom. The van der Waals surface area contributed by atoms with Crippen LogP contribution < -0.4 is 10.1 Å². The predicted octanol–water partition coefficient (Wildman–Crippen LogP) is 1.14. The van der Waals surface area contributed by atoms with Crippen molar-refractivity contribution in [3.8, 4) is 5.75 Å². The fourth-order valence-corrected chi connectivity index (χ4v) is 2.66. The molecule has 2 aliphatic rings. The number of nitrogens with zero attached hydrogens (tertiary/aromatic N) is 2. The van der Waals surface area contributed by atoms with E-state index in [0.29, 0.717) is 0 Å². The highest BCUT2D eigenvalue weighted by Crippen LogP contribution is 2.19. The van der Waals surface area contributed by atoms with E-state index in [4.69, 9.17) is 9.47 Å². The van der Waals surface area contributed by atoms with E-state index in [1.807, 2.05) is 18.2 Å². The average Bonchev–Trinajstić information content (AvgIpc) is 3.07. The molecule has 1 fully saturated rings. The van der Waals surface area contributed by atoms with Crippen LogP contribution in [-0.4, -0.2) is 63.3 Å². The van der Waals surface area contributed by atoms with Crippen molar-refractivity contribution in [1.82, 2.24) is 10.2 Å². The Bertz CT molecular complexity index is 484. The van der Waals surface area contributed by atoms with E-state index in [-0.39, 0.29) is 0 Å². The second kappa shape index (κ2) is 7.43. The zero-order valence-electron chi connectivity index (χ0n) is 12.4. The van der Waals surface area contributed by atoms with Gasteiger partial charge in [0.15, 0.2) is 0 Å². The fourth-order valence-electron chi connectivity index (χ4n) is 2.66. The molecule has 1 aromatic rings. The van der Waals surface area contributed by atoms with Gasteiger partial charge < -0.3 is 14.8 Å². The lowest BCUT2D eigenvalue weighted by atomic mass is 10.2. The van der Waals surface area contributed by atoms with Crippen molar-refractivity contribution < 1.29 is 9.47 Å². The summed E-state index contributed by atoms with van der Waals surface area (Å²) in [5.41, 5.74) is 1.07.